The summed E-state index contributed by atoms with van der Waals surface area (Å²) in [6, 6.07) is 5.31. The summed E-state index contributed by atoms with van der Waals surface area (Å²) < 4.78 is 7.21. The van der Waals surface area contributed by atoms with Crippen LogP contribution in [0, 0.1) is 6.92 Å². The Hall–Kier alpha value is -2.54. The minimum absolute atomic E-state index is 0.0752. The van der Waals surface area contributed by atoms with Crippen LogP contribution < -0.4 is 15.8 Å². The number of hydrogen-bond donors (Lipinski definition) is 2. The Morgan fingerprint density at radius 2 is 2.27 bits per heavy atom. The molecule has 2 aromatic rings. The number of primary amides is 1. The van der Waals surface area contributed by atoms with Crippen LogP contribution in [0.15, 0.2) is 18.2 Å². The number of ether oxygens (including phenoxy) is 1. The predicted octanol–water partition coefficient (Wildman–Crippen LogP) is 2.59. The average Bonchev–Trinajstić information content (AvgIpc) is 2.89. The Kier molecular flexibility index (Phi) is 5.18. The van der Waals surface area contributed by atoms with Crippen molar-refractivity contribution in [2.45, 2.75) is 39.2 Å². The quantitative estimate of drug-likeness (QED) is 0.809. The molecule has 3 rings (SSSR count). The van der Waals surface area contributed by atoms with Gasteiger partial charge in [-0.25, -0.2) is 0 Å². The summed E-state index contributed by atoms with van der Waals surface area (Å²) in [7, 11) is 0. The Labute approximate surface area is 156 Å². The van der Waals surface area contributed by atoms with Gasteiger partial charge >= 0.3 is 0 Å². The molecular formula is C18H21ClN4O3. The van der Waals surface area contributed by atoms with Gasteiger partial charge in [0.05, 0.1) is 5.02 Å². The van der Waals surface area contributed by atoms with E-state index >= 15 is 0 Å². The van der Waals surface area contributed by atoms with E-state index in [-0.39, 0.29) is 18.4 Å². The molecule has 2 amide bonds. The van der Waals surface area contributed by atoms with Gasteiger partial charge in [-0.1, -0.05) is 24.6 Å². The van der Waals surface area contributed by atoms with E-state index in [1.54, 1.807) is 12.1 Å². The van der Waals surface area contributed by atoms with Crippen molar-refractivity contribution >= 4 is 29.2 Å². The van der Waals surface area contributed by atoms with Crippen LogP contribution >= 0.6 is 11.6 Å². The van der Waals surface area contributed by atoms with Crippen LogP contribution in [0.4, 0.5) is 5.82 Å². The van der Waals surface area contributed by atoms with Crippen molar-refractivity contribution < 1.29 is 14.3 Å². The predicted molar refractivity (Wildman–Crippen MR) is 98.5 cm³/mol. The van der Waals surface area contributed by atoms with Gasteiger partial charge in [0.15, 0.2) is 12.4 Å². The van der Waals surface area contributed by atoms with Crippen LogP contribution in [0.3, 0.4) is 0 Å². The van der Waals surface area contributed by atoms with Crippen molar-refractivity contribution in [1.82, 2.24) is 9.78 Å². The number of aryl methyl sites for hydroxylation is 1. The maximum absolute atomic E-state index is 12.1. The van der Waals surface area contributed by atoms with Gasteiger partial charge in [-0.2, -0.15) is 5.10 Å². The Morgan fingerprint density at radius 1 is 1.50 bits per heavy atom. The maximum atomic E-state index is 12.1. The number of benzene rings is 1. The zero-order valence-electron chi connectivity index (χ0n) is 14.7. The summed E-state index contributed by atoms with van der Waals surface area (Å²) in [6.45, 7) is 4.65. The van der Waals surface area contributed by atoms with Crippen LogP contribution in [-0.2, 0) is 16.1 Å². The first-order valence-electron chi connectivity index (χ1n) is 8.48. The largest absolute Gasteiger partial charge is 0.482 e. The standard InChI is InChI=1S/C18H21ClN4O3/c1-3-6-23-10(2)17-12(8-16(25)21-18(17)22-23)11-4-5-14(13(19)7-11)26-9-15(20)24/h4-5,7,12H,3,6,8-9H2,1-2H3,(H2,20,24)(H,21,22,25)/t12-/m0/s1. The van der Waals surface area contributed by atoms with Crippen molar-refractivity contribution in [3.05, 3.63) is 40.0 Å². The van der Waals surface area contributed by atoms with E-state index in [1.807, 2.05) is 17.7 Å². The number of aromatic nitrogens is 2. The van der Waals surface area contributed by atoms with Crippen LogP contribution in [0.1, 0.15) is 42.5 Å². The second kappa shape index (κ2) is 7.37. The van der Waals surface area contributed by atoms with E-state index in [1.165, 1.54) is 0 Å². The number of rotatable bonds is 6. The fourth-order valence-electron chi connectivity index (χ4n) is 3.25. The first-order valence-corrected chi connectivity index (χ1v) is 8.86. The molecule has 7 nitrogen and oxygen atoms in total. The van der Waals surface area contributed by atoms with E-state index in [0.29, 0.717) is 23.0 Å². The number of anilines is 1. The highest BCUT2D eigenvalue weighted by atomic mass is 35.5. The van der Waals surface area contributed by atoms with Crippen LogP contribution in [0.2, 0.25) is 5.02 Å². The number of hydrogen-bond acceptors (Lipinski definition) is 4. The molecule has 1 aromatic carbocycles. The molecule has 8 heteroatoms. The van der Waals surface area contributed by atoms with Crippen LogP contribution in [0.25, 0.3) is 0 Å². The minimum atomic E-state index is -0.572. The molecule has 0 bridgehead atoms. The molecule has 1 atom stereocenters. The number of halogens is 1. The molecule has 0 aliphatic carbocycles. The number of nitrogens with one attached hydrogen (secondary N) is 1. The van der Waals surface area contributed by atoms with Gasteiger partial charge in [-0.3, -0.25) is 14.3 Å². The molecule has 1 aromatic heterocycles. The normalized spacial score (nSPS) is 16.1. The lowest BCUT2D eigenvalue weighted by Gasteiger charge is -2.23. The number of nitrogens with two attached hydrogens (primary N) is 1. The van der Waals surface area contributed by atoms with Gasteiger partial charge in [0.1, 0.15) is 5.75 Å². The van der Waals surface area contributed by atoms with E-state index in [0.717, 1.165) is 29.8 Å². The zero-order valence-corrected chi connectivity index (χ0v) is 15.5. The molecular weight excluding hydrogens is 356 g/mol. The molecule has 3 N–H and O–H groups in total. The Bertz CT molecular complexity index is 862. The second-order valence-electron chi connectivity index (χ2n) is 6.32. The molecule has 2 heterocycles. The molecule has 138 valence electrons. The molecule has 0 radical (unpaired) electrons. The summed E-state index contributed by atoms with van der Waals surface area (Å²) >= 11 is 6.29. The average molecular weight is 377 g/mol. The van der Waals surface area contributed by atoms with Gasteiger partial charge in [-0.15, -0.1) is 0 Å². The van der Waals surface area contributed by atoms with Crippen molar-refractivity contribution in [3.8, 4) is 5.75 Å². The fraction of sp³-hybridized carbons (Fsp3) is 0.389. The first-order chi connectivity index (χ1) is 12.4. The zero-order chi connectivity index (χ0) is 18.8. The maximum Gasteiger partial charge on any atom is 0.255 e. The van der Waals surface area contributed by atoms with E-state index < -0.39 is 5.91 Å². The van der Waals surface area contributed by atoms with Crippen molar-refractivity contribution in [3.63, 3.8) is 0 Å². The third kappa shape index (κ3) is 3.53. The van der Waals surface area contributed by atoms with E-state index in [9.17, 15) is 9.59 Å². The second-order valence-corrected chi connectivity index (χ2v) is 6.73. The number of carbonyl (C=O) groups excluding carboxylic acids is 2. The monoisotopic (exact) mass is 376 g/mol. The number of carbonyl (C=O) groups is 2. The third-order valence-corrected chi connectivity index (χ3v) is 4.71. The number of fused-ring (bicyclic) bond motifs is 1. The Balaban J connectivity index is 1.96. The third-order valence-electron chi connectivity index (χ3n) is 4.41. The summed E-state index contributed by atoms with van der Waals surface area (Å²) in [5.41, 5.74) is 8.04. The van der Waals surface area contributed by atoms with Crippen molar-refractivity contribution in [2.24, 2.45) is 5.73 Å². The van der Waals surface area contributed by atoms with E-state index in [4.69, 9.17) is 22.1 Å². The topological polar surface area (TPSA) is 99.2 Å². The molecule has 0 saturated heterocycles. The highest BCUT2D eigenvalue weighted by Gasteiger charge is 2.32. The number of nitrogens with zero attached hydrogens (tertiary/aromatic N) is 2. The molecule has 1 aliphatic heterocycles. The van der Waals surface area contributed by atoms with Gasteiger partial charge in [0.2, 0.25) is 5.91 Å². The first kappa shape index (κ1) is 18.3. The van der Waals surface area contributed by atoms with Crippen molar-refractivity contribution in [2.75, 3.05) is 11.9 Å². The molecule has 0 unspecified atom stereocenters. The summed E-state index contributed by atoms with van der Waals surface area (Å²) in [6.07, 6.45) is 1.28. The molecule has 26 heavy (non-hydrogen) atoms. The lowest BCUT2D eigenvalue weighted by atomic mass is 9.86. The van der Waals surface area contributed by atoms with Gasteiger partial charge in [-0.05, 0) is 31.0 Å². The highest BCUT2D eigenvalue weighted by molar-refractivity contribution is 6.32. The minimum Gasteiger partial charge on any atom is -0.482 e. The Morgan fingerprint density at radius 3 is 2.92 bits per heavy atom. The molecule has 0 spiro atoms. The van der Waals surface area contributed by atoms with E-state index in [2.05, 4.69) is 17.3 Å². The summed E-state index contributed by atoms with van der Waals surface area (Å²) in [5, 5.41) is 7.76. The lowest BCUT2D eigenvalue weighted by molar-refractivity contribution is -0.120. The summed E-state index contributed by atoms with van der Waals surface area (Å²) in [5.74, 6) is 0.217. The number of amides is 2. The smallest absolute Gasteiger partial charge is 0.255 e. The van der Waals surface area contributed by atoms with Gasteiger partial charge in [0, 0.05) is 30.1 Å². The molecule has 1 aliphatic rings. The highest BCUT2D eigenvalue weighted by Crippen LogP contribution is 2.40. The van der Waals surface area contributed by atoms with Gasteiger partial charge in [0.25, 0.3) is 5.91 Å². The van der Waals surface area contributed by atoms with Gasteiger partial charge < -0.3 is 15.8 Å². The SMILES string of the molecule is CCCn1nc2c(c1C)[C@H](c1ccc(OCC(N)=O)c(Cl)c1)CC(=O)N2. The van der Waals surface area contributed by atoms with Crippen molar-refractivity contribution in [1.29, 1.82) is 0 Å². The molecule has 0 fully saturated rings. The summed E-state index contributed by atoms with van der Waals surface area (Å²) in [4.78, 5) is 23.0. The molecule has 0 saturated carbocycles. The fourth-order valence-corrected chi connectivity index (χ4v) is 3.50. The lowest BCUT2D eigenvalue weighted by Crippen LogP contribution is -2.23. The van der Waals surface area contributed by atoms with Crippen LogP contribution in [-0.4, -0.2) is 28.2 Å². The van der Waals surface area contributed by atoms with Crippen LogP contribution in [0.5, 0.6) is 5.75 Å².